The number of amides is 1. The molecule has 4 nitrogen and oxygen atoms in total. The molecule has 1 unspecified atom stereocenters. The summed E-state index contributed by atoms with van der Waals surface area (Å²) in [6.07, 6.45) is 10.3. The van der Waals surface area contributed by atoms with Gasteiger partial charge in [0, 0.05) is 37.1 Å². The zero-order valence-corrected chi connectivity index (χ0v) is 19.3. The highest BCUT2D eigenvalue weighted by Crippen LogP contribution is 2.31. The molecule has 0 radical (unpaired) electrons. The second-order valence-corrected chi connectivity index (χ2v) is 9.48. The van der Waals surface area contributed by atoms with Gasteiger partial charge in [-0.05, 0) is 74.0 Å². The minimum absolute atomic E-state index is 0.133. The van der Waals surface area contributed by atoms with Crippen LogP contribution in [0.25, 0.3) is 10.9 Å². The molecule has 3 aromatic rings. The Morgan fingerprint density at radius 2 is 1.76 bits per heavy atom. The lowest BCUT2D eigenvalue weighted by atomic mass is 9.81. The third kappa shape index (κ3) is 5.33. The Bertz CT molecular complexity index is 1100. The van der Waals surface area contributed by atoms with Crippen molar-refractivity contribution in [1.82, 2.24) is 14.8 Å². The maximum Gasteiger partial charge on any atom is 0.226 e. The molecular weight excluding hydrogens is 406 g/mol. The first-order valence-corrected chi connectivity index (χ1v) is 12.3. The van der Waals surface area contributed by atoms with E-state index in [-0.39, 0.29) is 5.92 Å². The van der Waals surface area contributed by atoms with Crippen molar-refractivity contribution in [2.24, 2.45) is 11.8 Å². The van der Waals surface area contributed by atoms with Crippen molar-refractivity contribution in [2.45, 2.75) is 32.2 Å². The minimum Gasteiger partial charge on any atom is -0.338 e. The number of benzene rings is 2. The maximum atomic E-state index is 13.4. The Hall–Kier alpha value is -2.98. The van der Waals surface area contributed by atoms with Gasteiger partial charge in [0.15, 0.2) is 0 Å². The predicted molar refractivity (Wildman–Crippen MR) is 134 cm³/mol. The molecule has 33 heavy (non-hydrogen) atoms. The fraction of sp³-hybridized carbons (Fsp3) is 0.379. The van der Waals surface area contributed by atoms with E-state index in [0.717, 1.165) is 63.9 Å². The van der Waals surface area contributed by atoms with E-state index in [2.05, 4.69) is 75.5 Å². The van der Waals surface area contributed by atoms with Gasteiger partial charge in [-0.2, -0.15) is 0 Å². The molecule has 0 spiro atoms. The van der Waals surface area contributed by atoms with Crippen LogP contribution in [0.15, 0.2) is 79.0 Å². The average Bonchev–Trinajstić information content (AvgIpc) is 3.05. The van der Waals surface area contributed by atoms with Gasteiger partial charge in [-0.3, -0.25) is 14.7 Å². The number of hydrogen-bond donors (Lipinski definition) is 0. The zero-order chi connectivity index (χ0) is 22.5. The monoisotopic (exact) mass is 439 g/mol. The number of nitrogens with zero attached hydrogens (tertiary/aromatic N) is 3. The van der Waals surface area contributed by atoms with Crippen LogP contribution >= 0.6 is 0 Å². The molecule has 1 fully saturated rings. The van der Waals surface area contributed by atoms with Crippen molar-refractivity contribution in [1.29, 1.82) is 0 Å². The number of rotatable bonds is 6. The molecule has 5 rings (SSSR count). The Balaban J connectivity index is 1.17. The van der Waals surface area contributed by atoms with Crippen molar-refractivity contribution in [3.63, 3.8) is 0 Å². The Labute approximate surface area is 196 Å². The molecule has 4 heteroatoms. The molecule has 0 bridgehead atoms. The zero-order valence-electron chi connectivity index (χ0n) is 19.3. The standard InChI is InChI=1S/C29H33N3O/c33-29-27(10-4-5-17-32(29)20-13-23-7-2-1-3-8-23)25-14-18-31(19-15-25)22-24-11-12-28-26(21-24)9-6-16-30-28/h1-9,11-12,16,21,25,27H,10,13-15,17-20,22H2. The molecule has 3 heterocycles. The van der Waals surface area contributed by atoms with Crippen molar-refractivity contribution in [3.8, 4) is 0 Å². The van der Waals surface area contributed by atoms with E-state index in [0.29, 0.717) is 11.8 Å². The third-order valence-electron chi connectivity index (χ3n) is 7.30. The lowest BCUT2D eigenvalue weighted by molar-refractivity contribution is -0.137. The van der Waals surface area contributed by atoms with Gasteiger partial charge in [0.1, 0.15) is 0 Å². The van der Waals surface area contributed by atoms with Crippen LogP contribution in [0.4, 0.5) is 0 Å². The van der Waals surface area contributed by atoms with Gasteiger partial charge in [-0.1, -0.05) is 54.6 Å². The quantitative estimate of drug-likeness (QED) is 0.502. The predicted octanol–water partition coefficient (Wildman–Crippen LogP) is 5.09. The lowest BCUT2D eigenvalue weighted by Gasteiger charge is -2.36. The topological polar surface area (TPSA) is 36.4 Å². The van der Waals surface area contributed by atoms with E-state index in [1.807, 2.05) is 18.3 Å². The van der Waals surface area contributed by atoms with E-state index < -0.39 is 0 Å². The van der Waals surface area contributed by atoms with Crippen LogP contribution in [0.5, 0.6) is 0 Å². The number of allylic oxidation sites excluding steroid dienone is 1. The highest BCUT2D eigenvalue weighted by atomic mass is 16.2. The Kier molecular flexibility index (Phi) is 6.82. The number of carbonyl (C=O) groups is 1. The first-order valence-electron chi connectivity index (χ1n) is 12.3. The molecule has 2 aliphatic heterocycles. The molecule has 1 aromatic heterocycles. The van der Waals surface area contributed by atoms with Crippen molar-refractivity contribution in [2.75, 3.05) is 26.2 Å². The molecule has 1 amide bonds. The number of fused-ring (bicyclic) bond motifs is 1. The summed E-state index contributed by atoms with van der Waals surface area (Å²) in [4.78, 5) is 22.5. The van der Waals surface area contributed by atoms with Gasteiger partial charge < -0.3 is 4.90 Å². The molecule has 2 aromatic carbocycles. The summed E-state index contributed by atoms with van der Waals surface area (Å²) in [6, 6.07) is 21.2. The number of carbonyl (C=O) groups excluding carboxylic acids is 1. The van der Waals surface area contributed by atoms with Crippen LogP contribution in [0.2, 0.25) is 0 Å². The first kappa shape index (κ1) is 21.8. The summed E-state index contributed by atoms with van der Waals surface area (Å²) in [5.41, 5.74) is 3.69. The van der Waals surface area contributed by atoms with Gasteiger partial charge in [0.05, 0.1) is 5.52 Å². The van der Waals surface area contributed by atoms with Gasteiger partial charge in [0.2, 0.25) is 5.91 Å². The molecule has 1 saturated heterocycles. The summed E-state index contributed by atoms with van der Waals surface area (Å²) in [5, 5.41) is 1.20. The molecule has 0 N–H and O–H groups in total. The summed E-state index contributed by atoms with van der Waals surface area (Å²) >= 11 is 0. The van der Waals surface area contributed by atoms with Crippen LogP contribution in [0, 0.1) is 11.8 Å². The molecule has 0 aliphatic carbocycles. The van der Waals surface area contributed by atoms with E-state index in [9.17, 15) is 4.79 Å². The molecule has 2 aliphatic rings. The number of aromatic nitrogens is 1. The number of piperidine rings is 1. The average molecular weight is 440 g/mol. The molecular formula is C29H33N3O. The summed E-state index contributed by atoms with van der Waals surface area (Å²) < 4.78 is 0. The SMILES string of the molecule is O=C1C(C2CCN(Cc3ccc4ncccc4c3)CC2)CC=CCN1CCc1ccccc1. The van der Waals surface area contributed by atoms with Crippen molar-refractivity contribution < 1.29 is 4.79 Å². The molecule has 1 atom stereocenters. The smallest absolute Gasteiger partial charge is 0.226 e. The second-order valence-electron chi connectivity index (χ2n) is 9.48. The van der Waals surface area contributed by atoms with Gasteiger partial charge in [0.25, 0.3) is 0 Å². The summed E-state index contributed by atoms with van der Waals surface area (Å²) in [6.45, 7) is 4.65. The number of hydrogen-bond acceptors (Lipinski definition) is 3. The Morgan fingerprint density at radius 3 is 2.61 bits per heavy atom. The van der Waals surface area contributed by atoms with Gasteiger partial charge in [-0.15, -0.1) is 0 Å². The highest BCUT2D eigenvalue weighted by Gasteiger charge is 2.33. The third-order valence-corrected chi connectivity index (χ3v) is 7.30. The van der Waals surface area contributed by atoms with Crippen LogP contribution in [-0.2, 0) is 17.8 Å². The molecule has 170 valence electrons. The molecule has 0 saturated carbocycles. The van der Waals surface area contributed by atoms with Crippen LogP contribution < -0.4 is 0 Å². The minimum atomic E-state index is 0.133. The Morgan fingerprint density at radius 1 is 0.909 bits per heavy atom. The summed E-state index contributed by atoms with van der Waals surface area (Å²) in [7, 11) is 0. The number of pyridine rings is 1. The van der Waals surface area contributed by atoms with Crippen LogP contribution in [0.3, 0.4) is 0 Å². The maximum absolute atomic E-state index is 13.4. The van der Waals surface area contributed by atoms with E-state index in [1.165, 1.54) is 16.5 Å². The first-order chi connectivity index (χ1) is 16.3. The van der Waals surface area contributed by atoms with Gasteiger partial charge in [-0.25, -0.2) is 0 Å². The van der Waals surface area contributed by atoms with Gasteiger partial charge >= 0.3 is 0 Å². The fourth-order valence-electron chi connectivity index (χ4n) is 5.37. The van der Waals surface area contributed by atoms with E-state index in [4.69, 9.17) is 0 Å². The van der Waals surface area contributed by atoms with E-state index >= 15 is 0 Å². The number of likely N-dealkylation sites (tertiary alicyclic amines) is 1. The largest absolute Gasteiger partial charge is 0.338 e. The van der Waals surface area contributed by atoms with E-state index in [1.54, 1.807) is 0 Å². The normalized spacial score (nSPS) is 20.3. The fourth-order valence-corrected chi connectivity index (χ4v) is 5.37. The summed E-state index contributed by atoms with van der Waals surface area (Å²) in [5.74, 6) is 0.973. The lowest BCUT2D eigenvalue weighted by Crippen LogP contribution is -2.43. The van der Waals surface area contributed by atoms with Crippen molar-refractivity contribution >= 4 is 16.8 Å². The van der Waals surface area contributed by atoms with Crippen LogP contribution in [0.1, 0.15) is 30.4 Å². The highest BCUT2D eigenvalue weighted by molar-refractivity contribution is 5.80. The van der Waals surface area contributed by atoms with Crippen molar-refractivity contribution in [3.05, 3.63) is 90.1 Å². The van der Waals surface area contributed by atoms with Crippen LogP contribution in [-0.4, -0.2) is 46.9 Å². The second kappa shape index (κ2) is 10.3.